The van der Waals surface area contributed by atoms with E-state index in [1.165, 1.54) is 15.6 Å². The fourth-order valence-corrected chi connectivity index (χ4v) is 4.77. The molecule has 0 N–H and O–H groups in total. The Balaban J connectivity index is 1.83. The fourth-order valence-electron chi connectivity index (χ4n) is 2.15. The third-order valence-corrected chi connectivity index (χ3v) is 6.74. The van der Waals surface area contributed by atoms with Gasteiger partial charge in [-0.2, -0.15) is 4.31 Å². The number of benzene rings is 1. The molecule has 0 aliphatic rings. The lowest BCUT2D eigenvalue weighted by Gasteiger charge is -2.15. The first-order chi connectivity index (χ1) is 11.0. The average Bonchev–Trinajstić information content (AvgIpc) is 3.17. The second-order valence-corrected chi connectivity index (χ2v) is 8.55. The minimum atomic E-state index is -3.53. The van der Waals surface area contributed by atoms with Gasteiger partial charge in [-0.3, -0.25) is 0 Å². The monoisotopic (exact) mass is 348 g/mol. The van der Waals surface area contributed by atoms with E-state index in [0.717, 1.165) is 16.1 Å². The first-order valence-corrected chi connectivity index (χ1v) is 9.26. The van der Waals surface area contributed by atoms with Gasteiger partial charge in [-0.1, -0.05) is 35.5 Å². The van der Waals surface area contributed by atoms with Gasteiger partial charge in [0.2, 0.25) is 0 Å². The molecule has 7 heteroatoms. The predicted octanol–water partition coefficient (Wildman–Crippen LogP) is 3.53. The van der Waals surface area contributed by atoms with Crippen LogP contribution in [0, 0.1) is 6.92 Å². The molecule has 5 nitrogen and oxygen atoms in total. The summed E-state index contributed by atoms with van der Waals surface area (Å²) in [6.45, 7) is 2.16. The third-order valence-electron chi connectivity index (χ3n) is 3.36. The highest BCUT2D eigenvalue weighted by molar-refractivity contribution is 7.91. The zero-order valence-corrected chi connectivity index (χ0v) is 14.4. The Kier molecular flexibility index (Phi) is 4.34. The summed E-state index contributed by atoms with van der Waals surface area (Å²) in [7, 11) is -1.94. The van der Waals surface area contributed by atoms with E-state index in [1.807, 2.05) is 37.3 Å². The van der Waals surface area contributed by atoms with Gasteiger partial charge in [-0.05, 0) is 24.6 Å². The number of aryl methyl sites for hydroxylation is 1. The summed E-state index contributed by atoms with van der Waals surface area (Å²) < 4.78 is 32.2. The molecule has 0 saturated heterocycles. The molecule has 3 aromatic rings. The smallest absolute Gasteiger partial charge is 0.252 e. The van der Waals surface area contributed by atoms with Crippen LogP contribution in [-0.2, 0) is 16.6 Å². The normalized spacial score (nSPS) is 12.0. The van der Waals surface area contributed by atoms with Crippen LogP contribution in [0.3, 0.4) is 0 Å². The van der Waals surface area contributed by atoms with Gasteiger partial charge in [0.1, 0.15) is 4.21 Å². The molecule has 3 rings (SSSR count). The lowest BCUT2D eigenvalue weighted by atomic mass is 10.2. The molecule has 1 aromatic carbocycles. The summed E-state index contributed by atoms with van der Waals surface area (Å²) in [5, 5.41) is 3.83. The van der Waals surface area contributed by atoms with Crippen LogP contribution in [0.25, 0.3) is 10.6 Å². The molecule has 0 aliphatic carbocycles. The molecule has 2 aromatic heterocycles. The summed E-state index contributed by atoms with van der Waals surface area (Å²) in [5.74, 6) is 0.583. The Bertz CT molecular complexity index is 898. The number of thiophene rings is 1. The predicted molar refractivity (Wildman–Crippen MR) is 89.6 cm³/mol. The average molecular weight is 348 g/mol. The van der Waals surface area contributed by atoms with Crippen LogP contribution in [-0.4, -0.2) is 24.9 Å². The van der Waals surface area contributed by atoms with Crippen molar-refractivity contribution in [1.29, 1.82) is 0 Å². The van der Waals surface area contributed by atoms with Crippen LogP contribution < -0.4 is 0 Å². The Labute approximate surface area is 139 Å². The van der Waals surface area contributed by atoms with Crippen LogP contribution >= 0.6 is 11.3 Å². The number of nitrogens with zero attached hydrogens (tertiary/aromatic N) is 2. The maximum atomic E-state index is 12.7. The van der Waals surface area contributed by atoms with Crippen LogP contribution in [0.15, 0.2) is 57.3 Å². The maximum Gasteiger partial charge on any atom is 0.252 e. The molecule has 2 heterocycles. The van der Waals surface area contributed by atoms with Crippen LogP contribution in [0.1, 0.15) is 11.3 Å². The van der Waals surface area contributed by atoms with Gasteiger partial charge < -0.3 is 4.52 Å². The van der Waals surface area contributed by atoms with E-state index in [0.29, 0.717) is 16.5 Å². The first-order valence-electron chi connectivity index (χ1n) is 7.00. The second-order valence-electron chi connectivity index (χ2n) is 5.20. The second kappa shape index (κ2) is 6.27. The Morgan fingerprint density at radius 1 is 1.17 bits per heavy atom. The molecule has 0 saturated carbocycles. The molecular weight excluding hydrogens is 332 g/mol. The highest BCUT2D eigenvalue weighted by atomic mass is 32.2. The van der Waals surface area contributed by atoms with Gasteiger partial charge in [0.25, 0.3) is 10.0 Å². The van der Waals surface area contributed by atoms with Crippen molar-refractivity contribution in [3.8, 4) is 10.6 Å². The molecule has 0 spiro atoms. The van der Waals surface area contributed by atoms with Gasteiger partial charge in [0.15, 0.2) is 5.76 Å². The van der Waals surface area contributed by atoms with Crippen molar-refractivity contribution >= 4 is 21.4 Å². The summed E-state index contributed by atoms with van der Waals surface area (Å²) in [5.41, 5.74) is 1.71. The largest absolute Gasteiger partial charge is 0.355 e. The van der Waals surface area contributed by atoms with Crippen molar-refractivity contribution in [1.82, 2.24) is 9.46 Å². The van der Waals surface area contributed by atoms with Gasteiger partial charge >= 0.3 is 0 Å². The molecular formula is C16H16N2O3S2. The molecule has 0 unspecified atom stereocenters. The molecule has 0 atom stereocenters. The van der Waals surface area contributed by atoms with Crippen molar-refractivity contribution in [3.63, 3.8) is 0 Å². The Morgan fingerprint density at radius 3 is 2.57 bits per heavy atom. The van der Waals surface area contributed by atoms with E-state index in [1.54, 1.807) is 25.2 Å². The minimum absolute atomic E-state index is 0.292. The Hall–Kier alpha value is -1.96. The summed E-state index contributed by atoms with van der Waals surface area (Å²) in [4.78, 5) is 0.747. The van der Waals surface area contributed by atoms with Crippen molar-refractivity contribution in [2.75, 3.05) is 7.05 Å². The van der Waals surface area contributed by atoms with Crippen molar-refractivity contribution in [2.45, 2.75) is 17.7 Å². The third kappa shape index (κ3) is 3.36. The number of rotatable bonds is 5. The van der Waals surface area contributed by atoms with Crippen molar-refractivity contribution < 1.29 is 12.9 Å². The number of sulfonamides is 1. The highest BCUT2D eigenvalue weighted by Crippen LogP contribution is 2.32. The topological polar surface area (TPSA) is 63.4 Å². The fraction of sp³-hybridized carbons (Fsp3) is 0.188. The molecule has 0 fully saturated rings. The lowest BCUT2D eigenvalue weighted by Crippen LogP contribution is -2.25. The van der Waals surface area contributed by atoms with Crippen molar-refractivity contribution in [2.24, 2.45) is 0 Å². The summed E-state index contributed by atoms with van der Waals surface area (Å²) in [6, 6.07) is 14.6. The van der Waals surface area contributed by atoms with E-state index in [-0.39, 0.29) is 0 Å². The number of hydrogen-bond acceptors (Lipinski definition) is 5. The maximum absolute atomic E-state index is 12.7. The first kappa shape index (κ1) is 15.9. The molecule has 0 radical (unpaired) electrons. The van der Waals surface area contributed by atoms with E-state index in [9.17, 15) is 8.42 Å². The number of aromatic nitrogens is 1. The molecule has 23 heavy (non-hydrogen) atoms. The molecule has 120 valence electrons. The number of hydrogen-bond donors (Lipinski definition) is 0. The molecule has 0 bridgehead atoms. The standard InChI is InChI=1S/C16H16N2O3S2/c1-12-10-14(21-17-12)15-8-9-16(22-15)23(19,20)18(2)11-13-6-4-3-5-7-13/h3-10H,11H2,1-2H3. The van der Waals surface area contributed by atoms with E-state index in [4.69, 9.17) is 4.52 Å². The van der Waals surface area contributed by atoms with Crippen molar-refractivity contribution in [3.05, 3.63) is 59.8 Å². The lowest BCUT2D eigenvalue weighted by molar-refractivity contribution is 0.428. The Morgan fingerprint density at radius 2 is 1.91 bits per heavy atom. The molecule has 0 amide bonds. The van der Waals surface area contributed by atoms with Crippen LogP contribution in [0.4, 0.5) is 0 Å². The highest BCUT2D eigenvalue weighted by Gasteiger charge is 2.23. The van der Waals surface area contributed by atoms with Crippen LogP contribution in [0.5, 0.6) is 0 Å². The molecule has 0 aliphatic heterocycles. The van der Waals surface area contributed by atoms with Gasteiger partial charge in [-0.15, -0.1) is 11.3 Å². The SMILES string of the molecule is Cc1cc(-c2ccc(S(=O)(=O)N(C)Cc3ccccc3)s2)on1. The van der Waals surface area contributed by atoms with Gasteiger partial charge in [0.05, 0.1) is 10.6 Å². The van der Waals surface area contributed by atoms with Gasteiger partial charge in [-0.25, -0.2) is 8.42 Å². The minimum Gasteiger partial charge on any atom is -0.355 e. The summed E-state index contributed by atoms with van der Waals surface area (Å²) >= 11 is 1.18. The zero-order valence-electron chi connectivity index (χ0n) is 12.8. The zero-order chi connectivity index (χ0) is 16.4. The summed E-state index contributed by atoms with van der Waals surface area (Å²) in [6.07, 6.45) is 0. The van der Waals surface area contributed by atoms with Crippen LogP contribution in [0.2, 0.25) is 0 Å². The quantitative estimate of drug-likeness (QED) is 0.707. The van der Waals surface area contributed by atoms with Gasteiger partial charge in [0, 0.05) is 19.7 Å². The van der Waals surface area contributed by atoms with E-state index < -0.39 is 10.0 Å². The van der Waals surface area contributed by atoms with E-state index >= 15 is 0 Å². The van der Waals surface area contributed by atoms with E-state index in [2.05, 4.69) is 5.16 Å².